The second-order valence-corrected chi connectivity index (χ2v) is 38.3. The molecule has 6 aliphatic rings. The van der Waals surface area contributed by atoms with Crippen LogP contribution in [-0.4, -0.2) is 193 Å². The number of urea groups is 1. The third kappa shape index (κ3) is 18.0. The molecule has 6 fully saturated rings. The largest absolute Gasteiger partial charge is 0.386 e. The summed E-state index contributed by atoms with van der Waals surface area (Å²) < 4.78 is 105. The maximum atomic E-state index is 13.3. The molecule has 26 nitrogen and oxygen atoms in total. The first kappa shape index (κ1) is 77.9. The number of nitrogens with one attached hydrogen (secondary N) is 2. The van der Waals surface area contributed by atoms with Crippen molar-refractivity contribution in [3.05, 3.63) is 142 Å². The summed E-state index contributed by atoms with van der Waals surface area (Å²) in [4.78, 5) is 42.5. The van der Waals surface area contributed by atoms with Crippen LogP contribution < -0.4 is 31.1 Å². The Bertz CT molecular complexity index is 4350. The van der Waals surface area contributed by atoms with Gasteiger partial charge in [0.1, 0.15) is 23.7 Å². The lowest BCUT2D eigenvalue weighted by molar-refractivity contribution is -0.130. The molecule has 0 bridgehead atoms. The first-order valence-corrected chi connectivity index (χ1v) is 41.6. The number of halogens is 1. The summed E-state index contributed by atoms with van der Waals surface area (Å²) in [6, 6.07) is 34.6. The lowest BCUT2D eigenvalue weighted by Gasteiger charge is -2.48. The monoisotopic (exact) mass is 1530 g/mol. The third-order valence-corrected chi connectivity index (χ3v) is 29.0. The van der Waals surface area contributed by atoms with Crippen LogP contribution in [0.1, 0.15) is 96.8 Å². The van der Waals surface area contributed by atoms with Crippen molar-refractivity contribution >= 4 is 119 Å². The molecule has 2 aliphatic carbocycles. The van der Waals surface area contributed by atoms with Gasteiger partial charge in [0, 0.05) is 106 Å². The van der Waals surface area contributed by atoms with Crippen LogP contribution >= 0.6 is 44.7 Å². The van der Waals surface area contributed by atoms with Gasteiger partial charge in [0.05, 0.1) is 41.0 Å². The summed E-state index contributed by atoms with van der Waals surface area (Å²) in [5.74, 6) is -0.256. The molecule has 542 valence electrons. The van der Waals surface area contributed by atoms with Crippen LogP contribution in [-0.2, 0) is 65.7 Å². The number of sulfonamides is 3. The van der Waals surface area contributed by atoms with Crippen LogP contribution in [0.25, 0.3) is 0 Å². The van der Waals surface area contributed by atoms with Crippen LogP contribution in [0.3, 0.4) is 0 Å². The number of aliphatic hydroxyl groups is 3. The highest BCUT2D eigenvalue weighted by molar-refractivity contribution is 8.12. The Morgan fingerprint density at radius 1 is 0.580 bits per heavy atom. The molecule has 7 N–H and O–H groups in total. The molecular weight excluding hydrogens is 1440 g/mol. The molecule has 6 aromatic rings. The van der Waals surface area contributed by atoms with E-state index in [-0.39, 0.29) is 37.1 Å². The second kappa shape index (κ2) is 31.4. The van der Waals surface area contributed by atoms with Gasteiger partial charge in [-0.1, -0.05) is 59.0 Å². The van der Waals surface area contributed by atoms with Crippen LogP contribution in [0, 0.1) is 11.3 Å². The molecule has 3 atom stereocenters. The van der Waals surface area contributed by atoms with Gasteiger partial charge in [-0.2, -0.15) is 26.6 Å². The van der Waals surface area contributed by atoms with E-state index in [9.17, 15) is 63.8 Å². The Kier molecular flexibility index (Phi) is 24.4. The molecule has 3 aromatic heterocycles. The number of anilines is 3. The molecule has 4 aliphatic heterocycles. The van der Waals surface area contributed by atoms with E-state index in [1.54, 1.807) is 103 Å². The van der Waals surface area contributed by atoms with Gasteiger partial charge < -0.3 is 40.7 Å². The number of benzene rings is 3. The highest BCUT2D eigenvalue weighted by Crippen LogP contribution is 2.42. The van der Waals surface area contributed by atoms with Gasteiger partial charge in [-0.3, -0.25) is 15.4 Å². The van der Waals surface area contributed by atoms with Crippen LogP contribution in [0.5, 0.6) is 0 Å². The SMILES string of the molecule is CC(C)(O)c1ccc(N2CCN(S(=O)(=O)c3cccs3)C[C@@H]2CN)cc1.CC(C)(O)c1ccc(N2CCN(S(=O)(=O)c3cccs3)C[C@@H]2CN2C(=O)NC(=O)C23CCC3)cc1.CC(C)(O)c1ccc(N2CCN(S(=O)(=O)c3cccs3)C[C@@H]2CNC2(C#N)CCC2)cc1.O=C=NS(=O)(=O)Cl. The minimum absolute atomic E-state index is 0.0912. The van der Waals surface area contributed by atoms with Gasteiger partial charge in [0.15, 0.2) is 0 Å². The number of thiophene rings is 3. The Morgan fingerprint density at radius 3 is 1.23 bits per heavy atom. The Hall–Kier alpha value is -6.26. The fourth-order valence-electron chi connectivity index (χ4n) is 12.8. The van der Waals surface area contributed by atoms with Crippen molar-refractivity contribution in [3.63, 3.8) is 0 Å². The number of carbonyl (C=O) groups excluding carboxylic acids is 3. The number of nitrogens with zero attached hydrogens (tertiary/aromatic N) is 9. The minimum Gasteiger partial charge on any atom is -0.386 e. The lowest BCUT2D eigenvalue weighted by Crippen LogP contribution is -2.62. The Labute approximate surface area is 602 Å². The van der Waals surface area contributed by atoms with Gasteiger partial charge in [0.2, 0.25) is 0 Å². The molecule has 7 heterocycles. The Morgan fingerprint density at radius 2 is 0.940 bits per heavy atom. The summed E-state index contributed by atoms with van der Waals surface area (Å²) in [6.45, 7) is 15.2. The zero-order valence-electron chi connectivity index (χ0n) is 56.3. The van der Waals surface area contributed by atoms with Crippen LogP contribution in [0.2, 0.25) is 0 Å². The highest BCUT2D eigenvalue weighted by atomic mass is 35.7. The first-order valence-electron chi connectivity index (χ1n) is 32.4. The number of amides is 3. The van der Waals surface area contributed by atoms with Gasteiger partial charge in [-0.15, -0.1) is 34.0 Å². The van der Waals surface area contributed by atoms with Crippen molar-refractivity contribution in [1.82, 2.24) is 28.4 Å². The van der Waals surface area contributed by atoms with E-state index in [1.807, 2.05) is 72.8 Å². The molecule has 4 saturated heterocycles. The second-order valence-electron chi connectivity index (χ2n) is 26.8. The first-order chi connectivity index (χ1) is 47.0. The summed E-state index contributed by atoms with van der Waals surface area (Å²) in [6.07, 6.45) is 5.57. The molecule has 100 heavy (non-hydrogen) atoms. The topological polar surface area (TPSA) is 357 Å². The number of hydrogen-bond donors (Lipinski definition) is 6. The zero-order chi connectivity index (χ0) is 72.9. The van der Waals surface area contributed by atoms with E-state index < -0.39 is 73.2 Å². The number of piperazine rings is 3. The number of nitrogens with two attached hydrogens (primary N) is 1. The summed E-state index contributed by atoms with van der Waals surface area (Å²) in [7, 11) is -10.3. The molecule has 3 amide bonds. The molecule has 0 radical (unpaired) electrons. The predicted octanol–water partition coefficient (Wildman–Crippen LogP) is 6.84. The third-order valence-electron chi connectivity index (χ3n) is 18.8. The number of isocyanates is 1. The average molecular weight is 1530 g/mol. The molecule has 3 aromatic carbocycles. The number of hydrogen-bond acceptors (Lipinski definition) is 23. The quantitative estimate of drug-likeness (QED) is 0.0209. The van der Waals surface area contributed by atoms with Crippen molar-refractivity contribution in [2.45, 2.75) is 139 Å². The highest BCUT2D eigenvalue weighted by Gasteiger charge is 2.57. The van der Waals surface area contributed by atoms with Gasteiger partial charge in [0.25, 0.3) is 42.1 Å². The molecule has 1 spiro atoms. The minimum atomic E-state index is -4.00. The van der Waals surface area contributed by atoms with Crippen molar-refractivity contribution in [1.29, 1.82) is 5.26 Å². The normalized spacial score (nSPS) is 20.8. The average Bonchev–Trinajstić information content (AvgIpc) is 1.58. The fraction of sp³-hybridized carbons (Fsp3) is 0.485. The summed E-state index contributed by atoms with van der Waals surface area (Å²) >= 11 is 3.66. The van der Waals surface area contributed by atoms with Crippen molar-refractivity contribution in [2.75, 3.05) is 93.2 Å². The van der Waals surface area contributed by atoms with Gasteiger partial charge in [-0.25, -0.2) is 34.8 Å². The predicted molar refractivity (Wildman–Crippen MR) is 387 cm³/mol. The van der Waals surface area contributed by atoms with Crippen molar-refractivity contribution in [3.8, 4) is 6.07 Å². The standard InChI is InChI=1S/C24H30N4O5S2.C23H30N4O3S2.C18H25N3O3S2.CClNO3S/c1-23(2,31)17-6-8-18(9-7-17)27-13-12-26(35(32,33)20-5-3-14-34-20)15-19(27)16-28-22(30)25-21(29)24(28)10-4-11-24;1-22(2,28)18-6-8-19(9-7-18)27-13-12-26(32(29,30)21-5-3-14-31-21)16-20(27)15-25-23(17-24)10-4-11-23;1-18(2,22)14-5-7-15(8-6-14)21-10-9-20(13-16(21)12-19)26(23,24)17-4-3-11-25-17;2-7(5,6)3-1-4/h3,5-9,14,19,31H,4,10-13,15-16H2,1-2H3,(H,25,29,30);3,5-9,14,20,25,28H,4,10-13,15-16H2,1-2H3;3-8,11,16,22H,9-10,12-13,19H2,1-2H3;/t19-;20-;16-;/m100./s1. The van der Waals surface area contributed by atoms with E-state index in [0.717, 1.165) is 65.5 Å². The van der Waals surface area contributed by atoms with Crippen molar-refractivity contribution < 1.29 is 63.4 Å². The van der Waals surface area contributed by atoms with Crippen molar-refractivity contribution in [2.24, 2.45) is 10.1 Å². The molecule has 34 heteroatoms. The zero-order valence-corrected chi connectivity index (χ0v) is 62.7. The van der Waals surface area contributed by atoms with E-state index in [4.69, 9.17) is 10.5 Å². The lowest BCUT2D eigenvalue weighted by atomic mass is 9.75. The van der Waals surface area contributed by atoms with Crippen LogP contribution in [0.15, 0.2) is 142 Å². The maximum Gasteiger partial charge on any atom is 0.350 e. The van der Waals surface area contributed by atoms with E-state index in [2.05, 4.69) is 46.5 Å². The molecule has 12 rings (SSSR count). The summed E-state index contributed by atoms with van der Waals surface area (Å²) in [5.41, 5.74) is 7.14. The van der Waals surface area contributed by atoms with Gasteiger partial charge >= 0.3 is 15.3 Å². The van der Waals surface area contributed by atoms with E-state index >= 15 is 0 Å². The molecule has 0 unspecified atom stereocenters. The van der Waals surface area contributed by atoms with E-state index in [0.29, 0.717) is 90.9 Å². The molecule has 2 saturated carbocycles. The number of nitriles is 1. The van der Waals surface area contributed by atoms with Crippen LogP contribution in [0.4, 0.5) is 21.9 Å². The fourth-order valence-corrected chi connectivity index (χ4v) is 20.8. The number of rotatable bonds is 19. The number of imide groups is 1. The van der Waals surface area contributed by atoms with E-state index in [1.165, 1.54) is 42.6 Å². The molecular formula is C66H85ClN12O14S7. The van der Waals surface area contributed by atoms with Gasteiger partial charge in [-0.05, 0) is 167 Å². The number of carbonyl (C=O) groups is 2. The Balaban J connectivity index is 0.000000168. The smallest absolute Gasteiger partial charge is 0.350 e. The summed E-state index contributed by atoms with van der Waals surface area (Å²) in [5, 5.41) is 51.5. The maximum absolute atomic E-state index is 13.3.